The summed E-state index contributed by atoms with van der Waals surface area (Å²) in [5, 5.41) is 3.78. The van der Waals surface area contributed by atoms with E-state index in [1.165, 1.54) is 25.0 Å². The van der Waals surface area contributed by atoms with Crippen LogP contribution in [0.4, 0.5) is 10.1 Å². The van der Waals surface area contributed by atoms with Crippen LogP contribution in [0.3, 0.4) is 0 Å². The summed E-state index contributed by atoms with van der Waals surface area (Å²) in [6.45, 7) is 4.24. The lowest BCUT2D eigenvalue weighted by Gasteiger charge is -2.32. The summed E-state index contributed by atoms with van der Waals surface area (Å²) in [6, 6.07) is 6.39. The Kier molecular flexibility index (Phi) is 3.94. The molecular formula is C13H17FN2S. The minimum Gasteiger partial charge on any atom is -0.349 e. The first kappa shape index (κ1) is 12.3. The molecule has 0 unspecified atom stereocenters. The van der Waals surface area contributed by atoms with Crippen molar-refractivity contribution >= 4 is 23.0 Å². The zero-order valence-corrected chi connectivity index (χ0v) is 10.8. The smallest absolute Gasteiger partial charge is 0.173 e. The number of piperidine rings is 1. The summed E-state index contributed by atoms with van der Waals surface area (Å²) in [6.07, 6.45) is 2.34. The van der Waals surface area contributed by atoms with Crippen LogP contribution in [0.25, 0.3) is 0 Å². The van der Waals surface area contributed by atoms with Gasteiger partial charge < -0.3 is 10.2 Å². The van der Waals surface area contributed by atoms with Crippen LogP contribution in [-0.2, 0) is 0 Å². The molecule has 2 rings (SSSR count). The minimum absolute atomic E-state index is 0.245. The molecular weight excluding hydrogens is 235 g/mol. The third kappa shape index (κ3) is 3.40. The summed E-state index contributed by atoms with van der Waals surface area (Å²) in [5.41, 5.74) is 0.716. The van der Waals surface area contributed by atoms with Gasteiger partial charge in [-0.25, -0.2) is 4.39 Å². The number of rotatable bonds is 1. The molecule has 1 fully saturated rings. The highest BCUT2D eigenvalue weighted by atomic mass is 32.1. The van der Waals surface area contributed by atoms with Gasteiger partial charge >= 0.3 is 0 Å². The molecule has 1 aliphatic heterocycles. The normalized spacial score (nSPS) is 16.9. The molecule has 0 spiro atoms. The third-order valence-corrected chi connectivity index (χ3v) is 3.51. The number of nitrogens with zero attached hydrogens (tertiary/aromatic N) is 1. The van der Waals surface area contributed by atoms with Crippen molar-refractivity contribution in [3.63, 3.8) is 0 Å². The molecule has 2 nitrogen and oxygen atoms in total. The molecule has 0 bridgehead atoms. The number of nitrogens with one attached hydrogen (secondary N) is 1. The second-order valence-electron chi connectivity index (χ2n) is 4.61. The number of anilines is 1. The lowest BCUT2D eigenvalue weighted by molar-refractivity contribution is 0.283. The van der Waals surface area contributed by atoms with Crippen LogP contribution < -0.4 is 5.32 Å². The van der Waals surface area contributed by atoms with E-state index in [1.807, 2.05) is 6.07 Å². The maximum absolute atomic E-state index is 13.0. The summed E-state index contributed by atoms with van der Waals surface area (Å²) < 4.78 is 13.0. The highest BCUT2D eigenvalue weighted by Gasteiger charge is 2.17. The number of likely N-dealkylation sites (tertiary alicyclic amines) is 1. The highest BCUT2D eigenvalue weighted by molar-refractivity contribution is 7.80. The quantitative estimate of drug-likeness (QED) is 0.772. The maximum atomic E-state index is 13.0. The molecule has 0 amide bonds. The zero-order valence-electron chi connectivity index (χ0n) is 9.95. The summed E-state index contributed by atoms with van der Waals surface area (Å²) in [5.74, 6) is 0.535. The fourth-order valence-electron chi connectivity index (χ4n) is 1.98. The number of hydrogen-bond donors (Lipinski definition) is 1. The molecule has 4 heteroatoms. The predicted octanol–water partition coefficient (Wildman–Crippen LogP) is 3.25. The maximum Gasteiger partial charge on any atom is 0.173 e. The number of benzene rings is 1. The van der Waals surface area contributed by atoms with Crippen molar-refractivity contribution in [2.75, 3.05) is 18.4 Å². The monoisotopic (exact) mass is 252 g/mol. The molecule has 0 atom stereocenters. The minimum atomic E-state index is -0.245. The Morgan fingerprint density at radius 3 is 2.76 bits per heavy atom. The first-order valence-corrected chi connectivity index (χ1v) is 6.37. The molecule has 0 saturated carbocycles. The van der Waals surface area contributed by atoms with E-state index in [0.717, 1.165) is 19.0 Å². The van der Waals surface area contributed by atoms with Crippen LogP contribution in [0.15, 0.2) is 24.3 Å². The van der Waals surface area contributed by atoms with Crippen LogP contribution in [0.1, 0.15) is 19.8 Å². The molecule has 1 saturated heterocycles. The largest absolute Gasteiger partial charge is 0.349 e. The van der Waals surface area contributed by atoms with Crippen molar-refractivity contribution in [3.05, 3.63) is 30.1 Å². The van der Waals surface area contributed by atoms with Crippen molar-refractivity contribution < 1.29 is 4.39 Å². The average molecular weight is 252 g/mol. The Morgan fingerprint density at radius 1 is 1.41 bits per heavy atom. The van der Waals surface area contributed by atoms with Crippen molar-refractivity contribution in [2.24, 2.45) is 5.92 Å². The summed E-state index contributed by atoms with van der Waals surface area (Å²) >= 11 is 5.33. The van der Waals surface area contributed by atoms with E-state index in [2.05, 4.69) is 17.1 Å². The number of thiocarbonyl (C=S) groups is 1. The van der Waals surface area contributed by atoms with Gasteiger partial charge in [0.05, 0.1) is 0 Å². The topological polar surface area (TPSA) is 15.3 Å². The number of halogens is 1. The Hall–Kier alpha value is -1.16. The van der Waals surface area contributed by atoms with E-state index in [-0.39, 0.29) is 5.82 Å². The standard InChI is InChI=1S/C13H17FN2S/c1-10-5-7-16(8-6-10)13(17)15-12-4-2-3-11(14)9-12/h2-4,9-10H,5-8H2,1H3,(H,15,17). The van der Waals surface area contributed by atoms with Crippen molar-refractivity contribution in [1.29, 1.82) is 0 Å². The van der Waals surface area contributed by atoms with E-state index in [4.69, 9.17) is 12.2 Å². The van der Waals surface area contributed by atoms with Crippen LogP contribution in [0.5, 0.6) is 0 Å². The summed E-state index contributed by atoms with van der Waals surface area (Å²) in [7, 11) is 0. The van der Waals surface area contributed by atoms with Gasteiger partial charge in [0.25, 0.3) is 0 Å². The van der Waals surface area contributed by atoms with Gasteiger partial charge in [-0.1, -0.05) is 13.0 Å². The van der Waals surface area contributed by atoms with Gasteiger partial charge in [0, 0.05) is 18.8 Å². The van der Waals surface area contributed by atoms with E-state index in [1.54, 1.807) is 6.07 Å². The van der Waals surface area contributed by atoms with Crippen LogP contribution in [-0.4, -0.2) is 23.1 Å². The Labute approximate surface area is 107 Å². The van der Waals surface area contributed by atoms with Crippen molar-refractivity contribution in [2.45, 2.75) is 19.8 Å². The first-order valence-electron chi connectivity index (χ1n) is 5.96. The number of hydrogen-bond acceptors (Lipinski definition) is 1. The lowest BCUT2D eigenvalue weighted by Crippen LogP contribution is -2.40. The molecule has 0 radical (unpaired) electrons. The van der Waals surface area contributed by atoms with Gasteiger partial charge in [-0.3, -0.25) is 0 Å². The molecule has 1 heterocycles. The van der Waals surface area contributed by atoms with Gasteiger partial charge in [-0.15, -0.1) is 0 Å². The lowest BCUT2D eigenvalue weighted by atomic mass is 10.00. The van der Waals surface area contributed by atoms with Crippen LogP contribution >= 0.6 is 12.2 Å². The SMILES string of the molecule is CC1CCN(C(=S)Nc2cccc(F)c2)CC1. The van der Waals surface area contributed by atoms with E-state index < -0.39 is 0 Å². The second-order valence-corrected chi connectivity index (χ2v) is 5.00. The van der Waals surface area contributed by atoms with E-state index in [9.17, 15) is 4.39 Å². The molecule has 17 heavy (non-hydrogen) atoms. The fraction of sp³-hybridized carbons (Fsp3) is 0.462. The predicted molar refractivity (Wildman–Crippen MR) is 72.6 cm³/mol. The van der Waals surface area contributed by atoms with Crippen LogP contribution in [0.2, 0.25) is 0 Å². The Balaban J connectivity index is 1.93. The van der Waals surface area contributed by atoms with Gasteiger partial charge in [-0.2, -0.15) is 0 Å². The van der Waals surface area contributed by atoms with Gasteiger partial charge in [0.15, 0.2) is 5.11 Å². The molecule has 0 aromatic heterocycles. The fourth-order valence-corrected chi connectivity index (χ4v) is 2.28. The first-order chi connectivity index (χ1) is 8.15. The highest BCUT2D eigenvalue weighted by Crippen LogP contribution is 2.17. The van der Waals surface area contributed by atoms with Crippen molar-refractivity contribution in [1.82, 2.24) is 4.90 Å². The molecule has 92 valence electrons. The third-order valence-electron chi connectivity index (χ3n) is 3.15. The Bertz CT molecular complexity index is 400. The molecule has 1 aromatic carbocycles. The molecule has 1 aliphatic rings. The second kappa shape index (κ2) is 5.45. The summed E-state index contributed by atoms with van der Waals surface area (Å²) in [4.78, 5) is 2.15. The van der Waals surface area contributed by atoms with Gasteiger partial charge in [0.2, 0.25) is 0 Å². The van der Waals surface area contributed by atoms with Crippen LogP contribution in [0, 0.1) is 11.7 Å². The average Bonchev–Trinajstić information content (AvgIpc) is 2.29. The van der Waals surface area contributed by atoms with Gasteiger partial charge in [0.1, 0.15) is 5.82 Å². The Morgan fingerprint density at radius 2 is 2.12 bits per heavy atom. The van der Waals surface area contributed by atoms with E-state index >= 15 is 0 Å². The van der Waals surface area contributed by atoms with E-state index in [0.29, 0.717) is 10.8 Å². The molecule has 1 aromatic rings. The zero-order chi connectivity index (χ0) is 12.3. The van der Waals surface area contributed by atoms with Gasteiger partial charge in [-0.05, 0) is 49.2 Å². The molecule has 0 aliphatic carbocycles. The van der Waals surface area contributed by atoms with Crippen molar-refractivity contribution in [3.8, 4) is 0 Å². The molecule has 1 N–H and O–H groups in total.